The predicted molar refractivity (Wildman–Crippen MR) is 53.9 cm³/mol. The summed E-state index contributed by atoms with van der Waals surface area (Å²) in [5, 5.41) is 0.0738. The highest BCUT2D eigenvalue weighted by molar-refractivity contribution is 8.13. The van der Waals surface area contributed by atoms with Gasteiger partial charge in [0, 0.05) is 39.2 Å². The number of ether oxygens (including phenoxy) is 1. The van der Waals surface area contributed by atoms with Crippen LogP contribution in [-0.4, -0.2) is 30.4 Å². The number of carbonyl (C=O) groups excluding carboxylic acids is 2. The van der Waals surface area contributed by atoms with E-state index < -0.39 is 0 Å². The highest BCUT2D eigenvalue weighted by Crippen LogP contribution is 2.05. The van der Waals surface area contributed by atoms with Gasteiger partial charge >= 0.3 is 0 Å². The molecule has 13 heavy (non-hydrogen) atoms. The van der Waals surface area contributed by atoms with E-state index in [1.807, 2.05) is 0 Å². The molecule has 0 aliphatic rings. The molecule has 4 heteroatoms. The molecule has 0 N–H and O–H groups in total. The van der Waals surface area contributed by atoms with E-state index >= 15 is 0 Å². The van der Waals surface area contributed by atoms with Crippen LogP contribution in [-0.2, 0) is 14.3 Å². The minimum Gasteiger partial charge on any atom is -0.385 e. The number of hydrogen-bond acceptors (Lipinski definition) is 4. The van der Waals surface area contributed by atoms with Crippen molar-refractivity contribution in [3.8, 4) is 0 Å². The van der Waals surface area contributed by atoms with Crippen LogP contribution < -0.4 is 0 Å². The van der Waals surface area contributed by atoms with E-state index in [0.717, 1.165) is 6.42 Å². The van der Waals surface area contributed by atoms with Crippen molar-refractivity contribution in [3.63, 3.8) is 0 Å². The van der Waals surface area contributed by atoms with Gasteiger partial charge in [-0.1, -0.05) is 11.8 Å². The van der Waals surface area contributed by atoms with Crippen molar-refractivity contribution in [2.75, 3.05) is 19.5 Å². The van der Waals surface area contributed by atoms with Gasteiger partial charge in [0.05, 0.1) is 0 Å². The average molecular weight is 204 g/mol. The number of Topliss-reactive ketones (excluding diaryl/α,β-unsaturated/α-hetero) is 1. The third kappa shape index (κ3) is 9.56. The molecule has 0 aliphatic carbocycles. The zero-order valence-corrected chi connectivity index (χ0v) is 8.99. The van der Waals surface area contributed by atoms with Crippen molar-refractivity contribution in [3.05, 3.63) is 0 Å². The van der Waals surface area contributed by atoms with Gasteiger partial charge in [0.25, 0.3) is 0 Å². The Bertz CT molecular complexity index is 168. The van der Waals surface area contributed by atoms with Gasteiger partial charge in [0.1, 0.15) is 5.78 Å². The molecule has 0 aromatic carbocycles. The number of methoxy groups -OCH3 is 1. The molecule has 3 nitrogen and oxygen atoms in total. The number of rotatable bonds is 7. The standard InChI is InChI=1S/C9H16O3S/c1-8(10)13-7-5-9(11)4-3-6-12-2/h3-7H2,1-2H3. The normalized spacial score (nSPS) is 10.0. The third-order valence-corrected chi connectivity index (χ3v) is 2.31. The van der Waals surface area contributed by atoms with Crippen LogP contribution in [0.4, 0.5) is 0 Å². The summed E-state index contributed by atoms with van der Waals surface area (Å²) in [5.74, 6) is 0.826. The molecule has 0 radical (unpaired) electrons. The van der Waals surface area contributed by atoms with E-state index in [4.69, 9.17) is 4.74 Å². The summed E-state index contributed by atoms with van der Waals surface area (Å²) in [5.41, 5.74) is 0. The van der Waals surface area contributed by atoms with Gasteiger partial charge < -0.3 is 4.74 Å². The topological polar surface area (TPSA) is 43.4 Å². The molecule has 0 spiro atoms. The van der Waals surface area contributed by atoms with Crippen molar-refractivity contribution < 1.29 is 14.3 Å². The molecular formula is C9H16O3S. The highest BCUT2D eigenvalue weighted by atomic mass is 32.2. The molecule has 0 aromatic rings. The molecule has 0 aliphatic heterocycles. The van der Waals surface area contributed by atoms with Crippen molar-refractivity contribution in [2.45, 2.75) is 26.2 Å². The van der Waals surface area contributed by atoms with E-state index in [0.29, 0.717) is 25.2 Å². The van der Waals surface area contributed by atoms with Crippen LogP contribution in [0.5, 0.6) is 0 Å². The lowest BCUT2D eigenvalue weighted by Crippen LogP contribution is -2.02. The number of hydrogen-bond donors (Lipinski definition) is 0. The van der Waals surface area contributed by atoms with Gasteiger partial charge in [-0.25, -0.2) is 0 Å². The second-order valence-corrected chi connectivity index (χ2v) is 4.00. The maximum atomic E-state index is 11.1. The number of thioether (sulfide) groups is 1. The Hall–Kier alpha value is -0.350. The average Bonchev–Trinajstić information content (AvgIpc) is 2.04. The summed E-state index contributed by atoms with van der Waals surface area (Å²) in [7, 11) is 1.62. The summed E-state index contributed by atoms with van der Waals surface area (Å²) in [4.78, 5) is 21.6. The first-order valence-electron chi connectivity index (χ1n) is 4.31. The first-order chi connectivity index (χ1) is 6.16. The molecule has 0 bridgehead atoms. The lowest BCUT2D eigenvalue weighted by Gasteiger charge is -1.99. The van der Waals surface area contributed by atoms with Crippen LogP contribution in [0, 0.1) is 0 Å². The lowest BCUT2D eigenvalue weighted by molar-refractivity contribution is -0.118. The summed E-state index contributed by atoms with van der Waals surface area (Å²) in [6.07, 6.45) is 1.83. The molecule has 0 unspecified atom stereocenters. The fourth-order valence-corrected chi connectivity index (χ4v) is 1.46. The highest BCUT2D eigenvalue weighted by Gasteiger charge is 2.02. The maximum Gasteiger partial charge on any atom is 0.185 e. The Morgan fingerprint density at radius 1 is 1.31 bits per heavy atom. The van der Waals surface area contributed by atoms with E-state index in [-0.39, 0.29) is 10.9 Å². The molecule has 0 fully saturated rings. The smallest absolute Gasteiger partial charge is 0.185 e. The second kappa shape index (κ2) is 8.26. The number of ketones is 1. The first-order valence-corrected chi connectivity index (χ1v) is 5.29. The monoisotopic (exact) mass is 204 g/mol. The van der Waals surface area contributed by atoms with Crippen molar-refractivity contribution in [1.29, 1.82) is 0 Å². The first kappa shape index (κ1) is 12.7. The fourth-order valence-electron chi connectivity index (χ4n) is 0.847. The minimum absolute atomic E-state index is 0.0738. The molecule has 0 rings (SSSR count). The van der Waals surface area contributed by atoms with Crippen LogP contribution in [0.25, 0.3) is 0 Å². The van der Waals surface area contributed by atoms with Gasteiger partial charge in [0.15, 0.2) is 5.12 Å². The van der Waals surface area contributed by atoms with Crippen LogP contribution in [0.1, 0.15) is 26.2 Å². The van der Waals surface area contributed by atoms with Gasteiger partial charge in [-0.2, -0.15) is 0 Å². The molecular weight excluding hydrogens is 188 g/mol. The SMILES string of the molecule is COCCCC(=O)CCSC(C)=O. The Kier molecular flexibility index (Phi) is 8.04. The van der Waals surface area contributed by atoms with Crippen molar-refractivity contribution >= 4 is 22.7 Å². The van der Waals surface area contributed by atoms with E-state index in [9.17, 15) is 9.59 Å². The molecule has 0 heterocycles. The van der Waals surface area contributed by atoms with Crippen LogP contribution in [0.15, 0.2) is 0 Å². The van der Waals surface area contributed by atoms with Crippen LogP contribution in [0.3, 0.4) is 0 Å². The molecule has 0 saturated heterocycles. The Morgan fingerprint density at radius 3 is 2.54 bits per heavy atom. The van der Waals surface area contributed by atoms with Crippen LogP contribution >= 0.6 is 11.8 Å². The van der Waals surface area contributed by atoms with Crippen LogP contribution in [0.2, 0.25) is 0 Å². The van der Waals surface area contributed by atoms with Gasteiger partial charge in [-0.3, -0.25) is 9.59 Å². The zero-order valence-electron chi connectivity index (χ0n) is 8.17. The molecule has 0 aromatic heterocycles. The Labute approximate surface area is 83.2 Å². The molecule has 0 saturated carbocycles. The largest absolute Gasteiger partial charge is 0.385 e. The summed E-state index contributed by atoms with van der Waals surface area (Å²) >= 11 is 1.21. The minimum atomic E-state index is 0.0738. The predicted octanol–water partition coefficient (Wildman–Crippen LogP) is 1.65. The maximum absolute atomic E-state index is 11.1. The molecule has 76 valence electrons. The van der Waals surface area contributed by atoms with Gasteiger partial charge in [-0.15, -0.1) is 0 Å². The van der Waals surface area contributed by atoms with E-state index in [1.54, 1.807) is 7.11 Å². The van der Waals surface area contributed by atoms with Gasteiger partial charge in [-0.05, 0) is 6.42 Å². The summed E-state index contributed by atoms with van der Waals surface area (Å²) in [6.45, 7) is 2.14. The zero-order chi connectivity index (χ0) is 10.1. The van der Waals surface area contributed by atoms with Crippen molar-refractivity contribution in [2.24, 2.45) is 0 Å². The van der Waals surface area contributed by atoms with Crippen molar-refractivity contribution in [1.82, 2.24) is 0 Å². The second-order valence-electron chi connectivity index (χ2n) is 2.73. The fraction of sp³-hybridized carbons (Fsp3) is 0.778. The number of carbonyl (C=O) groups is 2. The summed E-state index contributed by atoms with van der Waals surface area (Å²) in [6, 6.07) is 0. The van der Waals surface area contributed by atoms with Gasteiger partial charge in [0.2, 0.25) is 0 Å². The third-order valence-electron chi connectivity index (χ3n) is 1.49. The van der Waals surface area contributed by atoms with E-state index in [2.05, 4.69) is 0 Å². The Morgan fingerprint density at radius 2 is 2.00 bits per heavy atom. The Balaban J connectivity index is 3.25. The van der Waals surface area contributed by atoms with E-state index in [1.165, 1.54) is 18.7 Å². The molecule has 0 amide bonds. The molecule has 0 atom stereocenters. The quantitative estimate of drug-likeness (QED) is 0.591. The summed E-state index contributed by atoms with van der Waals surface area (Å²) < 4.78 is 4.82. The lowest BCUT2D eigenvalue weighted by atomic mass is 10.2.